The predicted molar refractivity (Wildman–Crippen MR) is 256 cm³/mol. The van der Waals surface area contributed by atoms with Crippen LogP contribution in [-0.4, -0.2) is 89.6 Å². The van der Waals surface area contributed by atoms with Crippen molar-refractivity contribution in [3.8, 4) is 0 Å². The third kappa shape index (κ3) is 33.9. The fourth-order valence-electron chi connectivity index (χ4n) is 7.00. The molecule has 0 aromatic rings. The number of esters is 1. The van der Waals surface area contributed by atoms with Gasteiger partial charge in [0.1, 0.15) is 30.5 Å². The van der Waals surface area contributed by atoms with E-state index in [4.69, 9.17) is 18.9 Å². The summed E-state index contributed by atoms with van der Waals surface area (Å²) < 4.78 is 22.8. The van der Waals surface area contributed by atoms with Gasteiger partial charge in [-0.3, -0.25) is 4.79 Å². The summed E-state index contributed by atoms with van der Waals surface area (Å²) in [5.74, 6) is -0.347. The zero-order chi connectivity index (χ0) is 45.0. The molecule has 0 aromatic carbocycles. The first-order chi connectivity index (χ1) is 30.4. The van der Waals surface area contributed by atoms with Crippen LogP contribution in [0.5, 0.6) is 0 Å². The van der Waals surface area contributed by atoms with Gasteiger partial charge < -0.3 is 39.4 Å². The highest BCUT2D eigenvalue weighted by atomic mass is 16.7. The lowest BCUT2D eigenvalue weighted by molar-refractivity contribution is -0.305. The zero-order valence-corrected chi connectivity index (χ0v) is 39.1. The summed E-state index contributed by atoms with van der Waals surface area (Å²) in [5, 5.41) is 40.2. The number of ether oxygens (including phenoxy) is 4. The summed E-state index contributed by atoms with van der Waals surface area (Å²) in [5.41, 5.74) is 0. The standard InChI is InChI=1S/C53H90O9/c1-3-5-7-9-11-13-15-17-19-20-21-22-23-24-25-26-27-28-29-30-32-34-36-38-40-42-49(55)61-47(46-60-53-52(58)51(57)50(56)48(44-54)62-53)45-59-43-41-39-37-35-33-31-18-16-14-12-10-8-6-4-2/h5,7,11,13,17,19,21-22,24-25,27-28,30,32,47-48,50-54,56-58H,3-4,6,8-10,12,14-16,18,20,23,26,29,31,33-46H2,1-2H3/b7-5-,13-11-,19-17-,22-21-,25-24-,28-27-,32-30-. The Labute approximate surface area is 378 Å². The summed E-state index contributed by atoms with van der Waals surface area (Å²) in [7, 11) is 0. The fraction of sp³-hybridized carbons (Fsp3) is 0.717. The first kappa shape index (κ1) is 57.4. The van der Waals surface area contributed by atoms with E-state index in [0.29, 0.717) is 13.0 Å². The minimum Gasteiger partial charge on any atom is -0.457 e. The number of allylic oxidation sites excluding steroid dienone is 14. The normalized spacial score (nSPS) is 20.5. The Kier molecular flexibility index (Phi) is 40.4. The molecular weight excluding hydrogens is 781 g/mol. The third-order valence-corrected chi connectivity index (χ3v) is 10.8. The molecule has 0 bridgehead atoms. The van der Waals surface area contributed by atoms with Crippen LogP contribution in [0.25, 0.3) is 0 Å². The number of aliphatic hydroxyl groups excluding tert-OH is 4. The van der Waals surface area contributed by atoms with Crippen molar-refractivity contribution in [2.75, 3.05) is 26.4 Å². The van der Waals surface area contributed by atoms with Crippen molar-refractivity contribution < 1.29 is 44.2 Å². The van der Waals surface area contributed by atoms with Gasteiger partial charge in [0.05, 0.1) is 19.8 Å². The summed E-state index contributed by atoms with van der Waals surface area (Å²) in [6.07, 6.45) is 51.8. The number of unbranched alkanes of at least 4 members (excludes halogenated alkanes) is 16. The van der Waals surface area contributed by atoms with Crippen LogP contribution in [0, 0.1) is 0 Å². The largest absolute Gasteiger partial charge is 0.457 e. The van der Waals surface area contributed by atoms with Gasteiger partial charge in [-0.05, 0) is 70.6 Å². The molecule has 6 atom stereocenters. The molecule has 0 amide bonds. The number of hydrogen-bond donors (Lipinski definition) is 4. The molecule has 9 nitrogen and oxygen atoms in total. The van der Waals surface area contributed by atoms with Crippen molar-refractivity contribution in [2.24, 2.45) is 0 Å². The van der Waals surface area contributed by atoms with E-state index >= 15 is 0 Å². The van der Waals surface area contributed by atoms with E-state index in [1.165, 1.54) is 77.0 Å². The van der Waals surface area contributed by atoms with E-state index in [9.17, 15) is 25.2 Å². The Bertz CT molecular complexity index is 1220. The van der Waals surface area contributed by atoms with Crippen LogP contribution in [0.2, 0.25) is 0 Å². The maximum absolute atomic E-state index is 12.8. The molecule has 1 aliphatic rings. The lowest BCUT2D eigenvalue weighted by Gasteiger charge is -2.39. The first-order valence-electron chi connectivity index (χ1n) is 24.7. The van der Waals surface area contributed by atoms with Gasteiger partial charge in [0.15, 0.2) is 6.29 Å². The molecule has 0 aliphatic carbocycles. The molecule has 62 heavy (non-hydrogen) atoms. The molecule has 6 unspecified atom stereocenters. The van der Waals surface area contributed by atoms with Gasteiger partial charge in [-0.15, -0.1) is 0 Å². The second kappa shape index (κ2) is 43.6. The SMILES string of the molecule is CC/C=C\C/C=C\C/C=C\C/C=C\C/C=C\C/C=C\C/C=C\CCCCCC(=O)OC(COCCCCCCCCCCCCCCCC)COC1OC(CO)C(O)C(O)C1O. The van der Waals surface area contributed by atoms with Crippen LogP contribution in [0.1, 0.15) is 181 Å². The Morgan fingerprint density at radius 2 is 0.984 bits per heavy atom. The van der Waals surface area contributed by atoms with Crippen molar-refractivity contribution in [2.45, 2.75) is 218 Å². The highest BCUT2D eigenvalue weighted by Crippen LogP contribution is 2.22. The summed E-state index contributed by atoms with van der Waals surface area (Å²) in [6, 6.07) is 0. The van der Waals surface area contributed by atoms with Crippen molar-refractivity contribution >= 4 is 5.97 Å². The molecule has 1 aliphatic heterocycles. The van der Waals surface area contributed by atoms with Gasteiger partial charge in [-0.1, -0.05) is 189 Å². The van der Waals surface area contributed by atoms with Crippen LogP contribution in [-0.2, 0) is 23.7 Å². The molecule has 0 spiro atoms. The fourth-order valence-corrected chi connectivity index (χ4v) is 7.00. The second-order valence-corrected chi connectivity index (χ2v) is 16.5. The highest BCUT2D eigenvalue weighted by molar-refractivity contribution is 5.69. The summed E-state index contributed by atoms with van der Waals surface area (Å²) in [4.78, 5) is 12.8. The van der Waals surface area contributed by atoms with Crippen molar-refractivity contribution in [1.82, 2.24) is 0 Å². The minimum absolute atomic E-state index is 0.128. The van der Waals surface area contributed by atoms with Gasteiger partial charge >= 0.3 is 5.97 Å². The Hall–Kier alpha value is -2.63. The number of hydrogen-bond acceptors (Lipinski definition) is 9. The average Bonchev–Trinajstić information content (AvgIpc) is 3.27. The summed E-state index contributed by atoms with van der Waals surface area (Å²) >= 11 is 0. The Morgan fingerprint density at radius 1 is 0.532 bits per heavy atom. The molecule has 0 aromatic heterocycles. The molecule has 1 fully saturated rings. The molecule has 4 N–H and O–H groups in total. The lowest BCUT2D eigenvalue weighted by Crippen LogP contribution is -2.59. The molecule has 1 saturated heterocycles. The van der Waals surface area contributed by atoms with E-state index in [-0.39, 0.29) is 25.6 Å². The zero-order valence-electron chi connectivity index (χ0n) is 39.1. The first-order valence-corrected chi connectivity index (χ1v) is 24.7. The van der Waals surface area contributed by atoms with Crippen LogP contribution >= 0.6 is 0 Å². The average molecular weight is 871 g/mol. The van der Waals surface area contributed by atoms with Crippen LogP contribution < -0.4 is 0 Å². The maximum atomic E-state index is 12.8. The molecule has 9 heteroatoms. The van der Waals surface area contributed by atoms with Gasteiger partial charge in [-0.2, -0.15) is 0 Å². The molecular formula is C53H90O9. The van der Waals surface area contributed by atoms with Gasteiger partial charge in [0.25, 0.3) is 0 Å². The van der Waals surface area contributed by atoms with Crippen LogP contribution in [0.4, 0.5) is 0 Å². The van der Waals surface area contributed by atoms with E-state index in [1.807, 2.05) is 0 Å². The van der Waals surface area contributed by atoms with E-state index < -0.39 is 43.4 Å². The smallest absolute Gasteiger partial charge is 0.306 e. The Balaban J connectivity index is 2.26. The number of carbonyl (C=O) groups is 1. The minimum atomic E-state index is -1.55. The molecule has 0 saturated carbocycles. The summed E-state index contributed by atoms with van der Waals surface area (Å²) in [6.45, 7) is 4.40. The number of carbonyl (C=O) groups excluding carboxylic acids is 1. The quantitative estimate of drug-likeness (QED) is 0.0269. The van der Waals surface area contributed by atoms with Crippen LogP contribution in [0.15, 0.2) is 85.1 Å². The maximum Gasteiger partial charge on any atom is 0.306 e. The third-order valence-electron chi connectivity index (χ3n) is 10.8. The van der Waals surface area contributed by atoms with Crippen molar-refractivity contribution in [3.05, 3.63) is 85.1 Å². The monoisotopic (exact) mass is 871 g/mol. The van der Waals surface area contributed by atoms with E-state index in [1.54, 1.807) is 0 Å². The van der Waals surface area contributed by atoms with Crippen LogP contribution in [0.3, 0.4) is 0 Å². The number of rotatable bonds is 41. The molecule has 1 rings (SSSR count). The predicted octanol–water partition coefficient (Wildman–Crippen LogP) is 11.8. The highest BCUT2D eigenvalue weighted by Gasteiger charge is 2.44. The molecule has 0 radical (unpaired) electrons. The lowest BCUT2D eigenvalue weighted by atomic mass is 9.99. The van der Waals surface area contributed by atoms with Crippen molar-refractivity contribution in [3.63, 3.8) is 0 Å². The number of aliphatic hydroxyl groups is 4. The van der Waals surface area contributed by atoms with Gasteiger partial charge in [0, 0.05) is 13.0 Å². The van der Waals surface area contributed by atoms with E-state index in [2.05, 4.69) is 98.9 Å². The van der Waals surface area contributed by atoms with Crippen molar-refractivity contribution in [1.29, 1.82) is 0 Å². The van der Waals surface area contributed by atoms with Gasteiger partial charge in [0.2, 0.25) is 0 Å². The second-order valence-electron chi connectivity index (χ2n) is 16.5. The van der Waals surface area contributed by atoms with Gasteiger partial charge in [-0.25, -0.2) is 0 Å². The topological polar surface area (TPSA) is 135 Å². The molecule has 1 heterocycles. The van der Waals surface area contributed by atoms with E-state index in [0.717, 1.165) is 77.0 Å². The molecule has 356 valence electrons. The Morgan fingerprint density at radius 3 is 1.47 bits per heavy atom.